The number of hydrogen-bond acceptors (Lipinski definition) is 8. The minimum Gasteiger partial charge on any atom is -0.494 e. The summed E-state index contributed by atoms with van der Waals surface area (Å²) in [4.78, 5) is 36.9. The van der Waals surface area contributed by atoms with Crippen LogP contribution in [0.25, 0.3) is 31.7 Å². The number of thiophene rings is 1. The van der Waals surface area contributed by atoms with Gasteiger partial charge in [-0.25, -0.2) is 14.4 Å². The lowest BCUT2D eigenvalue weighted by molar-refractivity contribution is -0.138. The molecule has 246 valence electrons. The summed E-state index contributed by atoms with van der Waals surface area (Å²) >= 11 is 1.71. The molecule has 7 nitrogen and oxygen atoms in total. The van der Waals surface area contributed by atoms with Crippen LogP contribution in [0.3, 0.4) is 0 Å². The highest BCUT2D eigenvalue weighted by Gasteiger charge is 2.10. The largest absolute Gasteiger partial charge is 0.494 e. The zero-order chi connectivity index (χ0) is 33.3. The number of hydrogen-bond donors (Lipinski definition) is 0. The topological polar surface area (TPSA) is 88.1 Å². The summed E-state index contributed by atoms with van der Waals surface area (Å²) < 4.78 is 21.4. The van der Waals surface area contributed by atoms with Crippen LogP contribution >= 0.6 is 11.3 Å². The van der Waals surface area contributed by atoms with Gasteiger partial charge in [-0.1, -0.05) is 43.5 Å². The van der Waals surface area contributed by atoms with Gasteiger partial charge in [0.05, 0.1) is 32.0 Å². The molecule has 0 saturated heterocycles. The Kier molecular flexibility index (Phi) is 14.3. The van der Waals surface area contributed by atoms with Crippen molar-refractivity contribution in [2.24, 2.45) is 0 Å². The van der Waals surface area contributed by atoms with Gasteiger partial charge in [0.15, 0.2) is 0 Å². The van der Waals surface area contributed by atoms with E-state index in [2.05, 4.69) is 55.6 Å². The van der Waals surface area contributed by atoms with E-state index in [1.807, 2.05) is 30.3 Å². The van der Waals surface area contributed by atoms with Crippen LogP contribution in [0.1, 0.15) is 61.7 Å². The normalized spacial score (nSPS) is 10.7. The maximum absolute atomic E-state index is 12.5. The Hall–Kier alpha value is -4.69. The lowest BCUT2D eigenvalue weighted by Gasteiger charge is -2.08. The van der Waals surface area contributed by atoms with E-state index in [1.165, 1.54) is 11.0 Å². The highest BCUT2D eigenvalue weighted by Crippen LogP contribution is 2.36. The molecule has 3 aromatic carbocycles. The summed E-state index contributed by atoms with van der Waals surface area (Å²) in [6.45, 7) is 8.58. The zero-order valence-electron chi connectivity index (χ0n) is 26.7. The average molecular weight is 655 g/mol. The molecule has 0 radical (unpaired) electrons. The van der Waals surface area contributed by atoms with E-state index in [0.717, 1.165) is 90.0 Å². The van der Waals surface area contributed by atoms with Crippen LogP contribution in [0, 0.1) is 0 Å². The fourth-order valence-corrected chi connectivity index (χ4v) is 5.91. The molecule has 4 aromatic rings. The Bertz CT molecular complexity index is 1640. The Labute approximate surface area is 280 Å². The average Bonchev–Trinajstić information content (AvgIpc) is 3.60. The number of fused-ring (bicyclic) bond motifs is 1. The molecule has 0 spiro atoms. The van der Waals surface area contributed by atoms with Crippen molar-refractivity contribution in [3.8, 4) is 26.6 Å². The summed E-state index contributed by atoms with van der Waals surface area (Å²) in [6, 6.07) is 24.4. The van der Waals surface area contributed by atoms with Crippen molar-refractivity contribution in [1.29, 1.82) is 0 Å². The molecule has 0 atom stereocenters. The second kappa shape index (κ2) is 19.1. The number of rotatable bonds is 20. The van der Waals surface area contributed by atoms with Crippen molar-refractivity contribution in [1.82, 2.24) is 0 Å². The van der Waals surface area contributed by atoms with E-state index < -0.39 is 5.97 Å². The molecule has 0 bridgehead atoms. The molecule has 0 unspecified atom stereocenters. The van der Waals surface area contributed by atoms with Gasteiger partial charge in [0, 0.05) is 21.9 Å². The first-order chi connectivity index (χ1) is 23.0. The van der Waals surface area contributed by atoms with Crippen molar-refractivity contribution in [3.05, 3.63) is 104 Å². The van der Waals surface area contributed by atoms with Crippen LogP contribution in [-0.2, 0) is 23.8 Å². The van der Waals surface area contributed by atoms with Gasteiger partial charge in [-0.3, -0.25) is 0 Å². The smallest absolute Gasteiger partial charge is 0.338 e. The Morgan fingerprint density at radius 1 is 0.553 bits per heavy atom. The quantitative estimate of drug-likeness (QED) is 0.0406. The Balaban J connectivity index is 1.20. The molecule has 0 aliphatic carbocycles. The van der Waals surface area contributed by atoms with Crippen LogP contribution in [0.2, 0.25) is 0 Å². The van der Waals surface area contributed by atoms with Gasteiger partial charge >= 0.3 is 17.9 Å². The summed E-state index contributed by atoms with van der Waals surface area (Å²) in [5.41, 5.74) is 2.73. The van der Waals surface area contributed by atoms with E-state index in [-0.39, 0.29) is 11.9 Å². The molecule has 1 heterocycles. The van der Waals surface area contributed by atoms with Crippen LogP contribution in [0.5, 0.6) is 5.75 Å². The molecule has 0 saturated carbocycles. The van der Waals surface area contributed by atoms with E-state index in [4.69, 9.17) is 18.9 Å². The van der Waals surface area contributed by atoms with Gasteiger partial charge in [0.2, 0.25) is 0 Å². The third-order valence-electron chi connectivity index (χ3n) is 7.51. The summed E-state index contributed by atoms with van der Waals surface area (Å²) in [5.74, 6) is -0.242. The van der Waals surface area contributed by atoms with E-state index in [9.17, 15) is 14.4 Å². The SMILES string of the molecule is C=CC(=O)OCCCCCCOC(=O)c1ccc(-c2ccc(-c3ccc4cc(OCCCCCCOC(=O)C=C)ccc4c3)s2)cc1. The molecule has 0 fully saturated rings. The molecule has 47 heavy (non-hydrogen) atoms. The van der Waals surface area contributed by atoms with Crippen LogP contribution < -0.4 is 4.74 Å². The number of esters is 3. The standard InChI is InChI=1S/C39H42O7S/c1-3-37(40)44-24-10-6-5-9-23-43-34-20-19-31-27-33(18-17-32(31)28-34)36-22-21-35(47-36)29-13-15-30(16-14-29)39(42)46-26-12-8-7-11-25-45-38(41)4-2/h3-4,13-22,27-28H,1-2,5-12,23-26H2. The predicted molar refractivity (Wildman–Crippen MR) is 188 cm³/mol. The maximum atomic E-state index is 12.5. The first-order valence-corrected chi connectivity index (χ1v) is 16.9. The highest BCUT2D eigenvalue weighted by atomic mass is 32.1. The van der Waals surface area contributed by atoms with Crippen LogP contribution in [0.15, 0.2) is 98.1 Å². The molecular weight excluding hydrogens is 612 g/mol. The lowest BCUT2D eigenvalue weighted by atomic mass is 10.1. The molecule has 0 aliphatic heterocycles. The van der Waals surface area contributed by atoms with Gasteiger partial charge < -0.3 is 18.9 Å². The second-order valence-corrected chi connectivity index (χ2v) is 12.1. The van der Waals surface area contributed by atoms with Crippen molar-refractivity contribution in [3.63, 3.8) is 0 Å². The van der Waals surface area contributed by atoms with Crippen molar-refractivity contribution >= 4 is 40.0 Å². The van der Waals surface area contributed by atoms with E-state index in [1.54, 1.807) is 11.3 Å². The monoisotopic (exact) mass is 654 g/mol. The molecule has 0 amide bonds. The molecule has 1 aromatic heterocycles. The third kappa shape index (κ3) is 11.6. The van der Waals surface area contributed by atoms with Gasteiger partial charge in [-0.15, -0.1) is 11.3 Å². The molecule has 0 aliphatic rings. The minimum absolute atomic E-state index is 0.325. The van der Waals surface area contributed by atoms with Crippen molar-refractivity contribution < 1.29 is 33.3 Å². The fraction of sp³-hybridized carbons (Fsp3) is 0.308. The number of carbonyl (C=O) groups is 3. The Morgan fingerprint density at radius 2 is 1.06 bits per heavy atom. The summed E-state index contributed by atoms with van der Waals surface area (Å²) in [5, 5.41) is 2.27. The number of benzene rings is 3. The van der Waals surface area contributed by atoms with E-state index in [0.29, 0.717) is 32.0 Å². The summed E-state index contributed by atoms with van der Waals surface area (Å²) in [6.07, 6.45) is 9.47. The first-order valence-electron chi connectivity index (χ1n) is 16.1. The van der Waals surface area contributed by atoms with Crippen LogP contribution in [0.4, 0.5) is 0 Å². The maximum Gasteiger partial charge on any atom is 0.338 e. The van der Waals surface area contributed by atoms with Crippen molar-refractivity contribution in [2.45, 2.75) is 51.4 Å². The van der Waals surface area contributed by atoms with Crippen molar-refractivity contribution in [2.75, 3.05) is 26.4 Å². The fourth-order valence-electron chi connectivity index (χ4n) is 4.90. The number of carbonyl (C=O) groups excluding carboxylic acids is 3. The molecule has 4 rings (SSSR count). The first kappa shape index (κ1) is 35.2. The summed E-state index contributed by atoms with van der Waals surface area (Å²) in [7, 11) is 0. The van der Waals surface area contributed by atoms with Gasteiger partial charge in [-0.2, -0.15) is 0 Å². The van der Waals surface area contributed by atoms with E-state index >= 15 is 0 Å². The van der Waals surface area contributed by atoms with Gasteiger partial charge in [0.1, 0.15) is 5.75 Å². The lowest BCUT2D eigenvalue weighted by Crippen LogP contribution is -2.06. The number of ether oxygens (including phenoxy) is 4. The van der Waals surface area contributed by atoms with Gasteiger partial charge in [0.25, 0.3) is 0 Å². The highest BCUT2D eigenvalue weighted by molar-refractivity contribution is 7.18. The predicted octanol–water partition coefficient (Wildman–Crippen LogP) is 9.35. The van der Waals surface area contributed by atoms with Crippen LogP contribution in [-0.4, -0.2) is 44.3 Å². The molecular formula is C39H42O7S. The minimum atomic E-state index is -0.404. The molecule has 0 N–H and O–H groups in total. The Morgan fingerprint density at radius 3 is 1.68 bits per heavy atom. The van der Waals surface area contributed by atoms with Gasteiger partial charge in [-0.05, 0) is 116 Å². The number of unbranched alkanes of at least 4 members (excludes halogenated alkanes) is 6. The zero-order valence-corrected chi connectivity index (χ0v) is 27.6. The molecule has 8 heteroatoms. The second-order valence-electron chi connectivity index (χ2n) is 11.0. The third-order valence-corrected chi connectivity index (χ3v) is 8.69.